The van der Waals surface area contributed by atoms with E-state index < -0.39 is 165 Å². The zero-order valence-electron chi connectivity index (χ0n) is 71.7. The molecule has 0 amide bonds. The normalized spacial score (nSPS) is 40.0. The molecular weight excluding hydrogens is 1860 g/mol. The van der Waals surface area contributed by atoms with Crippen LogP contribution in [0.1, 0.15) is 145 Å². The molecule has 12 aliphatic heterocycles. The third kappa shape index (κ3) is 24.5. The van der Waals surface area contributed by atoms with Gasteiger partial charge in [-0.15, -0.1) is 0 Å². The summed E-state index contributed by atoms with van der Waals surface area (Å²) in [6.45, 7) is 39.5. The third-order valence-corrected chi connectivity index (χ3v) is 27.9. The predicted octanol–water partition coefficient (Wildman–Crippen LogP) is 12.3. The van der Waals surface area contributed by atoms with E-state index in [2.05, 4.69) is 61.6 Å². The molecule has 121 heavy (non-hydrogen) atoms. The van der Waals surface area contributed by atoms with Crippen LogP contribution in [0.5, 0.6) is 17.2 Å². The van der Waals surface area contributed by atoms with E-state index in [1.54, 1.807) is 43.3 Å². The van der Waals surface area contributed by atoms with Crippen LogP contribution in [-0.2, 0) is 138 Å². The maximum Gasteiger partial charge on any atom is 0.449 e. The second-order valence-corrected chi connectivity index (χ2v) is 41.9. The Bertz CT molecular complexity index is 4090. The van der Waals surface area contributed by atoms with Crippen molar-refractivity contribution in [3.05, 3.63) is 86.2 Å². The summed E-state index contributed by atoms with van der Waals surface area (Å²) in [7, 11) is -12.8. The molecule has 40 heteroatoms. The molecule has 0 aliphatic carbocycles. The van der Waals surface area contributed by atoms with Crippen molar-refractivity contribution in [3.8, 4) is 17.2 Å². The predicted molar refractivity (Wildman–Crippen MR) is 435 cm³/mol. The van der Waals surface area contributed by atoms with Crippen LogP contribution in [0.2, 0.25) is 0 Å². The standard InChI is InChI=1S/2C27H39BrO11S.C15H20BrFO5S.C12H20O6/c2*1-14-15(2)19(13-32-40(29,30)39-18-10-8-17(28)9-11-18)33-24(16(14)3)31-12-20-21-22(36-26(4,5)35-21)23-25(34-20)38-27(6,7)37-23;1-9-10(2)14(21-15(17)11(9)3)8-20-23(18,19)22-13-6-4-12(16)5-7-13;1-11(2)15-7-6(5-13)14-10-9(8(7)16-11)17-12(3,4)18-10/h2*8-11,14-16,19-25H,12-13H2,1-7H3;4-7,9-11,14-15H,8H2,1-3H3;6-10,13H,5H2,1-4H3/t2*14-,15-,16?,19?,20?,21-,22-,23?,24?,25+;9-,10-,11?,14?,15?;6?,7-,8-,9?,10+/m0000/s1. The van der Waals surface area contributed by atoms with Crippen molar-refractivity contribution in [3.63, 3.8) is 0 Å². The number of rotatable bonds is 22. The van der Waals surface area contributed by atoms with Crippen LogP contribution >= 0.6 is 47.8 Å². The lowest BCUT2D eigenvalue weighted by Gasteiger charge is -2.44. The maximum atomic E-state index is 13.8. The van der Waals surface area contributed by atoms with Gasteiger partial charge in [0.25, 0.3) is 0 Å². The summed E-state index contributed by atoms with van der Waals surface area (Å²) < 4.78 is 241. The van der Waals surface area contributed by atoms with Gasteiger partial charge in [0, 0.05) is 31.2 Å². The molecule has 686 valence electrons. The van der Waals surface area contributed by atoms with Crippen LogP contribution in [0.3, 0.4) is 0 Å². The highest BCUT2D eigenvalue weighted by molar-refractivity contribution is 9.11. The van der Waals surface area contributed by atoms with Gasteiger partial charge in [-0.25, -0.2) is 16.9 Å². The smallest absolute Gasteiger partial charge is 0.394 e. The molecule has 12 heterocycles. The molecule has 0 spiro atoms. The third-order valence-electron chi connectivity index (χ3n) is 23.9. The van der Waals surface area contributed by atoms with Crippen molar-refractivity contribution in [1.29, 1.82) is 0 Å². The number of aliphatic hydroxyl groups excluding tert-OH is 1. The van der Waals surface area contributed by atoms with Gasteiger partial charge in [0.1, 0.15) is 90.5 Å². The molecule has 0 radical (unpaired) electrons. The molecule has 0 saturated carbocycles. The van der Waals surface area contributed by atoms with Gasteiger partial charge in [-0.05, 0) is 191 Å². The van der Waals surface area contributed by atoms with Crippen LogP contribution in [-0.4, -0.2) is 234 Å². The lowest BCUT2D eigenvalue weighted by atomic mass is 9.79. The molecule has 3 aromatic carbocycles. The largest absolute Gasteiger partial charge is 0.449 e. The molecule has 12 saturated heterocycles. The highest BCUT2D eigenvalue weighted by Gasteiger charge is 2.64. The number of ether oxygens (including phenoxy) is 20. The van der Waals surface area contributed by atoms with E-state index in [-0.39, 0.29) is 141 Å². The van der Waals surface area contributed by atoms with E-state index in [9.17, 15) is 34.8 Å². The second-order valence-electron chi connectivity index (χ2n) is 35.5. The van der Waals surface area contributed by atoms with Crippen molar-refractivity contribution < 1.29 is 155 Å². The Kier molecular flexibility index (Phi) is 30.9. The van der Waals surface area contributed by atoms with Crippen LogP contribution in [0.4, 0.5) is 4.39 Å². The van der Waals surface area contributed by atoms with E-state index in [0.29, 0.717) is 0 Å². The van der Waals surface area contributed by atoms with E-state index in [1.807, 2.05) is 125 Å². The SMILES string of the molecule is CC1(C)OC2[C@H](OC(CO)[C@@H]3OC(C)(C)O[C@H]23)O1.CC1C(F)OC(COS(=O)(=O)Oc2ccc(Br)cc2)[C@@H](C)[C@@H]1C.CC1C(OCC2O[C@@H]3OC(C)(C)OC3[C@H]3OC(C)(C)O[C@@H]23)OC(COS(=O)(=O)Oc2ccc(Br)cc2)[C@@H](C)[C@@H]1C.CC1C(OCC2O[C@@H]3OC(C)(C)OC3[C@H]3OC(C)(C)O[C@@H]23)OC(COS(=O)(=O)Oc2ccc(Br)cc2)[C@@H](C)[C@@H]1C. The maximum absolute atomic E-state index is 13.8. The molecule has 0 bridgehead atoms. The van der Waals surface area contributed by atoms with E-state index >= 15 is 0 Å². The Hall–Kier alpha value is -2.68. The molecule has 12 fully saturated rings. The number of hydrogen-bond acceptors (Lipinski definition) is 33. The summed E-state index contributed by atoms with van der Waals surface area (Å²) in [5, 5.41) is 9.40. The van der Waals surface area contributed by atoms with Gasteiger partial charge in [-0.2, -0.15) is 25.3 Å². The average molecular weight is 1970 g/mol. The lowest BCUT2D eigenvalue weighted by molar-refractivity contribution is -0.285. The summed E-state index contributed by atoms with van der Waals surface area (Å²) in [4.78, 5) is 0. The fraction of sp³-hybridized carbons (Fsp3) is 0.778. The first-order valence-electron chi connectivity index (χ1n) is 40.8. The van der Waals surface area contributed by atoms with E-state index in [4.69, 9.17) is 120 Å². The molecule has 15 unspecified atom stereocenters. The van der Waals surface area contributed by atoms with Crippen LogP contribution in [0.15, 0.2) is 86.2 Å². The molecule has 15 rings (SSSR count). The van der Waals surface area contributed by atoms with E-state index in [0.717, 1.165) is 13.4 Å². The highest BCUT2D eigenvalue weighted by atomic mass is 79.9. The number of halogens is 4. The quantitative estimate of drug-likeness (QED) is 0.0976. The Balaban J connectivity index is 0.000000155. The number of hydrogen-bond donors (Lipinski definition) is 1. The minimum atomic E-state index is -4.30. The van der Waals surface area contributed by atoms with Crippen molar-refractivity contribution in [2.45, 2.75) is 309 Å². The number of aliphatic hydroxyl groups is 1. The van der Waals surface area contributed by atoms with Gasteiger partial charge in [0.05, 0.1) is 58.0 Å². The van der Waals surface area contributed by atoms with Gasteiger partial charge in [0.2, 0.25) is 6.36 Å². The Morgan fingerprint density at radius 3 is 0.851 bits per heavy atom. The first-order chi connectivity index (χ1) is 56.3. The van der Waals surface area contributed by atoms with Crippen LogP contribution in [0, 0.1) is 53.3 Å². The topological polar surface area (TPSA) is 363 Å². The number of alkyl halides is 1. The van der Waals surface area contributed by atoms with Crippen molar-refractivity contribution in [2.75, 3.05) is 39.6 Å². The molecular formula is C81H118Br3FO33S3. The highest BCUT2D eigenvalue weighted by Crippen LogP contribution is 2.50. The Labute approximate surface area is 734 Å². The molecule has 33 nitrogen and oxygen atoms in total. The fourth-order valence-corrected chi connectivity index (χ4v) is 19.5. The summed E-state index contributed by atoms with van der Waals surface area (Å²) >= 11 is 9.85. The van der Waals surface area contributed by atoms with Gasteiger partial charge >= 0.3 is 31.2 Å². The Morgan fingerprint density at radius 2 is 0.554 bits per heavy atom. The molecule has 1 N–H and O–H groups in total. The summed E-state index contributed by atoms with van der Waals surface area (Å²) in [5.41, 5.74) is 0. The first-order valence-corrected chi connectivity index (χ1v) is 47.2. The van der Waals surface area contributed by atoms with Gasteiger partial charge in [0.15, 0.2) is 66.2 Å². The summed E-state index contributed by atoms with van der Waals surface area (Å²) in [6, 6.07) is 19.1. The summed E-state index contributed by atoms with van der Waals surface area (Å²) in [6.07, 6.45) is -11.0. The Morgan fingerprint density at radius 1 is 0.306 bits per heavy atom. The van der Waals surface area contributed by atoms with Gasteiger partial charge < -0.3 is 112 Å². The van der Waals surface area contributed by atoms with Crippen molar-refractivity contribution in [1.82, 2.24) is 0 Å². The minimum absolute atomic E-state index is 0.00688. The van der Waals surface area contributed by atoms with E-state index in [1.165, 1.54) is 36.4 Å². The molecule has 30 atom stereocenters. The molecule has 12 aliphatic rings. The van der Waals surface area contributed by atoms with Crippen molar-refractivity contribution in [2.24, 2.45) is 53.3 Å². The minimum Gasteiger partial charge on any atom is -0.394 e. The monoisotopic (exact) mass is 1970 g/mol. The molecule has 0 aromatic heterocycles. The zero-order chi connectivity index (χ0) is 88.4. The van der Waals surface area contributed by atoms with Crippen LogP contribution < -0.4 is 12.5 Å². The first kappa shape index (κ1) is 97.4. The summed E-state index contributed by atoms with van der Waals surface area (Å²) in [5.74, 6) is -4.05. The van der Waals surface area contributed by atoms with Gasteiger partial charge in [-0.3, -0.25) is 0 Å². The van der Waals surface area contributed by atoms with Crippen molar-refractivity contribution >= 4 is 79.0 Å². The molecule has 3 aromatic rings. The van der Waals surface area contributed by atoms with Gasteiger partial charge in [-0.1, -0.05) is 110 Å². The van der Waals surface area contributed by atoms with Crippen LogP contribution in [0.25, 0.3) is 0 Å². The second kappa shape index (κ2) is 38.4. The lowest BCUT2D eigenvalue weighted by Crippen LogP contribution is -2.57. The zero-order valence-corrected chi connectivity index (χ0v) is 78.9. The average Bonchev–Trinajstić information content (AvgIpc) is 1.60. The number of benzene rings is 3. The number of fused-ring (bicyclic) bond motifs is 9. The fourth-order valence-electron chi connectivity index (χ4n) is 16.6.